The Morgan fingerprint density at radius 2 is 2.43 bits per heavy atom. The minimum Gasteiger partial charge on any atom is -0.262 e. The van der Waals surface area contributed by atoms with Crippen molar-refractivity contribution >= 4 is 14.5 Å². The highest BCUT2D eigenvalue weighted by Crippen LogP contribution is 1.96. The molecule has 0 bridgehead atoms. The Labute approximate surface area is 46.3 Å². The van der Waals surface area contributed by atoms with E-state index in [4.69, 9.17) is 0 Å². The fourth-order valence-electron chi connectivity index (χ4n) is 0.175. The summed E-state index contributed by atoms with van der Waals surface area (Å²) in [4.78, 5) is 3.94. The van der Waals surface area contributed by atoms with Crippen LogP contribution in [0, 0.1) is 0 Å². The fraction of sp³-hybridized carbons (Fsp3) is 0.400. The SMILES string of the molecule is C=C(C)N=CPC. The summed E-state index contributed by atoms with van der Waals surface area (Å²) >= 11 is 0. The summed E-state index contributed by atoms with van der Waals surface area (Å²) in [7, 11) is 0.798. The first kappa shape index (κ1) is 6.84. The third-order valence-electron chi connectivity index (χ3n) is 0.414. The topological polar surface area (TPSA) is 12.4 Å². The third-order valence-corrected chi connectivity index (χ3v) is 0.801. The molecule has 0 aromatic rings. The van der Waals surface area contributed by atoms with Crippen molar-refractivity contribution in [2.45, 2.75) is 6.92 Å². The van der Waals surface area contributed by atoms with E-state index in [2.05, 4.69) is 18.2 Å². The summed E-state index contributed by atoms with van der Waals surface area (Å²) in [6.45, 7) is 7.56. The van der Waals surface area contributed by atoms with Crippen LogP contribution >= 0.6 is 8.58 Å². The zero-order valence-electron chi connectivity index (χ0n) is 4.73. The first-order chi connectivity index (χ1) is 3.27. The number of hydrogen-bond donors (Lipinski definition) is 0. The number of aliphatic imine (C=N–C) groups is 1. The van der Waals surface area contributed by atoms with Gasteiger partial charge in [0.15, 0.2) is 0 Å². The lowest BCUT2D eigenvalue weighted by Crippen LogP contribution is -1.60. The van der Waals surface area contributed by atoms with Gasteiger partial charge in [-0.25, -0.2) is 0 Å². The number of hydrogen-bond acceptors (Lipinski definition) is 1. The van der Waals surface area contributed by atoms with Gasteiger partial charge in [0.25, 0.3) is 0 Å². The maximum atomic E-state index is 3.94. The van der Waals surface area contributed by atoms with Crippen LogP contribution in [0.5, 0.6) is 0 Å². The molecule has 0 aromatic heterocycles. The lowest BCUT2D eigenvalue weighted by molar-refractivity contribution is 1.35. The average molecular weight is 115 g/mol. The lowest BCUT2D eigenvalue weighted by atomic mass is 10.6. The standard InChI is InChI=1S/C5H10NP/c1-5(2)6-4-7-3/h4,7H,1H2,2-3H3. The Kier molecular flexibility index (Phi) is 3.92. The Hall–Kier alpha value is -0.160. The molecule has 0 heterocycles. The zero-order valence-corrected chi connectivity index (χ0v) is 5.73. The van der Waals surface area contributed by atoms with E-state index in [9.17, 15) is 0 Å². The molecule has 40 valence electrons. The van der Waals surface area contributed by atoms with Crippen LogP contribution in [0.3, 0.4) is 0 Å². The van der Waals surface area contributed by atoms with Gasteiger partial charge in [-0.15, -0.1) is 0 Å². The smallest absolute Gasteiger partial charge is 0.0301 e. The van der Waals surface area contributed by atoms with Gasteiger partial charge >= 0.3 is 0 Å². The molecule has 0 rings (SSSR count). The van der Waals surface area contributed by atoms with Crippen LogP contribution in [-0.2, 0) is 0 Å². The van der Waals surface area contributed by atoms with Gasteiger partial charge in [0.1, 0.15) is 0 Å². The Balaban J connectivity index is 3.26. The van der Waals surface area contributed by atoms with Crippen LogP contribution in [0.25, 0.3) is 0 Å². The Morgan fingerprint density at radius 1 is 1.86 bits per heavy atom. The molecule has 0 spiro atoms. The van der Waals surface area contributed by atoms with E-state index in [0.29, 0.717) is 0 Å². The van der Waals surface area contributed by atoms with E-state index in [0.717, 1.165) is 14.3 Å². The van der Waals surface area contributed by atoms with E-state index in [1.807, 2.05) is 12.9 Å². The van der Waals surface area contributed by atoms with Gasteiger partial charge in [0.05, 0.1) is 0 Å². The minimum absolute atomic E-state index is 0.798. The molecule has 1 nitrogen and oxygen atoms in total. The molecule has 0 aromatic carbocycles. The summed E-state index contributed by atoms with van der Waals surface area (Å²) < 4.78 is 0. The number of allylic oxidation sites excluding steroid dienone is 1. The van der Waals surface area contributed by atoms with E-state index in [1.165, 1.54) is 0 Å². The van der Waals surface area contributed by atoms with E-state index in [1.54, 1.807) is 0 Å². The lowest BCUT2D eigenvalue weighted by Gasteiger charge is -1.80. The first-order valence-electron chi connectivity index (χ1n) is 2.12. The summed E-state index contributed by atoms with van der Waals surface area (Å²) in [5.41, 5.74) is 0.884. The average Bonchev–Trinajstić information content (AvgIpc) is 1.61. The maximum Gasteiger partial charge on any atom is 0.0301 e. The van der Waals surface area contributed by atoms with Crippen LogP contribution in [0.1, 0.15) is 6.92 Å². The van der Waals surface area contributed by atoms with Crippen LogP contribution in [0.15, 0.2) is 17.3 Å². The van der Waals surface area contributed by atoms with Crippen molar-refractivity contribution in [3.8, 4) is 0 Å². The van der Waals surface area contributed by atoms with Crippen molar-refractivity contribution in [3.05, 3.63) is 12.3 Å². The molecule has 0 radical (unpaired) electrons. The summed E-state index contributed by atoms with van der Waals surface area (Å²) in [5.74, 6) is 1.88. The molecule has 0 aliphatic carbocycles. The fourth-order valence-corrected chi connectivity index (χ4v) is 0.524. The minimum atomic E-state index is 0.798. The number of rotatable bonds is 2. The normalized spacial score (nSPS) is 11.7. The molecule has 0 fully saturated rings. The molecule has 1 unspecified atom stereocenters. The van der Waals surface area contributed by atoms with Crippen LogP contribution in [-0.4, -0.2) is 12.6 Å². The first-order valence-corrected chi connectivity index (χ1v) is 3.70. The van der Waals surface area contributed by atoms with Gasteiger partial charge in [0.2, 0.25) is 0 Å². The second kappa shape index (κ2) is 4.01. The Morgan fingerprint density at radius 3 is 2.57 bits per heavy atom. The highest BCUT2D eigenvalue weighted by atomic mass is 31.1. The van der Waals surface area contributed by atoms with Crippen molar-refractivity contribution in [1.29, 1.82) is 0 Å². The molecule has 1 atom stereocenters. The molecular weight excluding hydrogens is 105 g/mol. The quantitative estimate of drug-likeness (QED) is 0.384. The van der Waals surface area contributed by atoms with Crippen molar-refractivity contribution in [3.63, 3.8) is 0 Å². The van der Waals surface area contributed by atoms with Crippen LogP contribution < -0.4 is 0 Å². The van der Waals surface area contributed by atoms with Crippen molar-refractivity contribution in [2.75, 3.05) is 6.66 Å². The molecule has 0 aliphatic rings. The van der Waals surface area contributed by atoms with Crippen molar-refractivity contribution in [2.24, 2.45) is 4.99 Å². The summed E-state index contributed by atoms with van der Waals surface area (Å²) in [6.07, 6.45) is 0. The largest absolute Gasteiger partial charge is 0.262 e. The van der Waals surface area contributed by atoms with Gasteiger partial charge < -0.3 is 0 Å². The van der Waals surface area contributed by atoms with Crippen LogP contribution in [0.2, 0.25) is 0 Å². The molecule has 0 saturated heterocycles. The molecule has 0 saturated carbocycles. The van der Waals surface area contributed by atoms with Gasteiger partial charge in [-0.3, -0.25) is 4.99 Å². The number of nitrogens with zero attached hydrogens (tertiary/aromatic N) is 1. The zero-order chi connectivity index (χ0) is 5.70. The monoisotopic (exact) mass is 115 g/mol. The van der Waals surface area contributed by atoms with Crippen LogP contribution in [0.4, 0.5) is 0 Å². The summed E-state index contributed by atoms with van der Waals surface area (Å²) in [6, 6.07) is 0. The van der Waals surface area contributed by atoms with Crippen molar-refractivity contribution in [1.82, 2.24) is 0 Å². The van der Waals surface area contributed by atoms with E-state index < -0.39 is 0 Å². The van der Waals surface area contributed by atoms with E-state index in [-0.39, 0.29) is 0 Å². The predicted molar refractivity (Wildman–Crippen MR) is 37.5 cm³/mol. The highest BCUT2D eigenvalue weighted by molar-refractivity contribution is 7.54. The molecule has 0 N–H and O–H groups in total. The van der Waals surface area contributed by atoms with Gasteiger partial charge in [-0.2, -0.15) is 0 Å². The predicted octanol–water partition coefficient (Wildman–Crippen LogP) is 1.86. The van der Waals surface area contributed by atoms with Crippen molar-refractivity contribution < 1.29 is 0 Å². The second-order valence-electron chi connectivity index (χ2n) is 1.28. The Bertz CT molecular complexity index is 86.1. The van der Waals surface area contributed by atoms with Gasteiger partial charge in [0, 0.05) is 11.7 Å². The van der Waals surface area contributed by atoms with E-state index >= 15 is 0 Å². The molecule has 0 aliphatic heterocycles. The second-order valence-corrected chi connectivity index (χ2v) is 2.12. The molecule has 7 heavy (non-hydrogen) atoms. The van der Waals surface area contributed by atoms with Gasteiger partial charge in [-0.05, 0) is 13.6 Å². The summed E-state index contributed by atoms with van der Waals surface area (Å²) in [5, 5.41) is 0. The third kappa shape index (κ3) is 5.84. The molecular formula is C5H10NP. The molecule has 2 heteroatoms. The highest BCUT2D eigenvalue weighted by Gasteiger charge is 1.68. The maximum absolute atomic E-state index is 3.94. The van der Waals surface area contributed by atoms with Gasteiger partial charge in [-0.1, -0.05) is 15.2 Å². The molecule has 0 amide bonds.